The van der Waals surface area contributed by atoms with E-state index < -0.39 is 144 Å². The highest BCUT2D eigenvalue weighted by Crippen LogP contribution is 2.31. The number of hydrogen-bond acceptors (Lipinski definition) is 0. The van der Waals surface area contributed by atoms with Crippen molar-refractivity contribution in [2.45, 2.75) is 123 Å². The first-order valence-corrected chi connectivity index (χ1v) is 25.7. The van der Waals surface area contributed by atoms with Crippen LogP contribution >= 0.6 is 0 Å². The Labute approximate surface area is 447 Å². The predicted octanol–water partition coefficient (Wildman–Crippen LogP) is 15.8. The van der Waals surface area contributed by atoms with Gasteiger partial charge in [0.1, 0.15) is 52.7 Å². The van der Waals surface area contributed by atoms with Crippen molar-refractivity contribution in [3.05, 3.63) is 194 Å². The lowest BCUT2D eigenvalue weighted by molar-refractivity contribution is -0.687. The summed E-state index contributed by atoms with van der Waals surface area (Å²) in [6, 6.07) is 20.1. The van der Waals surface area contributed by atoms with Crippen molar-refractivity contribution >= 4 is 38.8 Å². The van der Waals surface area contributed by atoms with Gasteiger partial charge in [-0.25, -0.2) is 92.4 Å². The number of hydrogen-bond donors (Lipinski definition) is 0. The minimum atomic E-state index is -7.22. The fraction of sp³-hybridized carbons (Fsp3) is 0.328. The molecule has 1 heterocycles. The molecule has 0 saturated carbocycles. The Hall–Kier alpha value is -6.61. The highest BCUT2D eigenvalue weighted by atomic mass is 19.2. The number of halogens is 20. The third kappa shape index (κ3) is 12.9. The van der Waals surface area contributed by atoms with E-state index in [9.17, 15) is 52.7 Å². The van der Waals surface area contributed by atoms with E-state index in [1.54, 1.807) is 0 Å². The van der Waals surface area contributed by atoms with Gasteiger partial charge in [0.15, 0.2) is 88.7 Å². The maximum absolute atomic E-state index is 15.4. The molecule has 0 aliphatic rings. The van der Waals surface area contributed by atoms with Gasteiger partial charge in [0.05, 0.1) is 0 Å². The van der Waals surface area contributed by atoms with Crippen LogP contribution in [-0.2, 0) is 13.0 Å². The Morgan fingerprint density at radius 2 is 0.550 bits per heavy atom. The molecule has 430 valence electrons. The Kier molecular flexibility index (Phi) is 21.7. The van der Waals surface area contributed by atoms with Crippen molar-refractivity contribution < 1.29 is 92.4 Å². The number of nitrogens with zero attached hydrogens (tertiary/aromatic N) is 1. The molecule has 1 aromatic heterocycles. The van der Waals surface area contributed by atoms with E-state index in [1.807, 2.05) is 0 Å². The van der Waals surface area contributed by atoms with Gasteiger partial charge in [0, 0.05) is 17.0 Å². The molecule has 0 N–H and O–H groups in total. The zero-order chi connectivity index (χ0) is 58.7. The summed E-state index contributed by atoms with van der Waals surface area (Å²) in [4.78, 5) is 0. The second-order valence-electron chi connectivity index (χ2n) is 19.4. The number of aromatic nitrogens is 1. The van der Waals surface area contributed by atoms with E-state index in [1.165, 1.54) is 131 Å². The summed E-state index contributed by atoms with van der Waals surface area (Å²) in [6.45, 7) is 3.23. The molecule has 80 heavy (non-hydrogen) atoms. The third-order valence-electron chi connectivity index (χ3n) is 14.2. The molecule has 0 amide bonds. The Morgan fingerprint density at radius 3 is 0.863 bits per heavy atom. The molecule has 0 atom stereocenters. The van der Waals surface area contributed by atoms with Crippen molar-refractivity contribution in [2.24, 2.45) is 0 Å². The lowest BCUT2D eigenvalue weighted by atomic mass is 9.12. The van der Waals surface area contributed by atoms with Crippen molar-refractivity contribution in [2.75, 3.05) is 0 Å². The van der Waals surface area contributed by atoms with E-state index in [0.717, 1.165) is 6.54 Å². The molecule has 6 aromatic carbocycles. The molecule has 0 fully saturated rings. The van der Waals surface area contributed by atoms with Crippen LogP contribution in [0.2, 0.25) is 0 Å². The fourth-order valence-corrected chi connectivity index (χ4v) is 10.0. The van der Waals surface area contributed by atoms with Gasteiger partial charge in [-0.2, -0.15) is 0 Å². The number of fused-ring (bicyclic) bond motifs is 1. The van der Waals surface area contributed by atoms with Crippen molar-refractivity contribution in [3.63, 3.8) is 0 Å². The van der Waals surface area contributed by atoms with E-state index >= 15 is 35.1 Å². The van der Waals surface area contributed by atoms with Gasteiger partial charge in [-0.15, -0.1) is 21.9 Å². The molecule has 0 saturated heterocycles. The Bertz CT molecular complexity index is 2930. The number of unbranched alkanes of at least 4 members (excludes halogenated alkanes) is 15. The van der Waals surface area contributed by atoms with Crippen LogP contribution in [0.3, 0.4) is 0 Å². The van der Waals surface area contributed by atoms with Crippen LogP contribution in [0.25, 0.3) is 10.8 Å². The summed E-state index contributed by atoms with van der Waals surface area (Å²) >= 11 is 0. The normalized spacial score (nSPS) is 11.7. The standard InChI is InChI=1S/C34H50N.C24BF20/c1-2-3-4-5-6-7-8-9-10-11-12-13-14-15-16-17-20-31-23-25-32(26-24-31)29-35-28-27-33-21-18-19-22-34(33)30-35;26-5-1(6(27)14(35)21(42)13(5)34)25(2-7(28)15(36)22(43)16(37)8(2)29,3-9(30)17(38)23(44)18(39)10(3)31)4-11(32)19(40)24(45)20(41)12(4)33/h18-19,21-28,30H,2-17,20,29H2,1H3;/q+1;-1. The average molecular weight is 1150 g/mol. The molecule has 0 unspecified atom stereocenters. The lowest BCUT2D eigenvalue weighted by Gasteiger charge is -2.44. The van der Waals surface area contributed by atoms with Crippen LogP contribution in [0.15, 0.2) is 67.0 Å². The van der Waals surface area contributed by atoms with Crippen LogP contribution in [-0.4, -0.2) is 6.15 Å². The largest absolute Gasteiger partial charge is 0.207 e. The maximum atomic E-state index is 15.4. The first kappa shape index (κ1) is 62.6. The van der Waals surface area contributed by atoms with Gasteiger partial charge < -0.3 is 0 Å². The summed E-state index contributed by atoms with van der Waals surface area (Å²) in [5, 5.41) is 2.60. The predicted molar refractivity (Wildman–Crippen MR) is 262 cm³/mol. The van der Waals surface area contributed by atoms with Crippen molar-refractivity contribution in [1.82, 2.24) is 0 Å². The minimum Gasteiger partial charge on any atom is -0.207 e. The van der Waals surface area contributed by atoms with Crippen molar-refractivity contribution in [1.29, 1.82) is 0 Å². The first-order valence-electron chi connectivity index (χ1n) is 25.7. The fourth-order valence-electron chi connectivity index (χ4n) is 10.0. The monoisotopic (exact) mass is 1150 g/mol. The molecule has 0 aliphatic heterocycles. The molecule has 0 spiro atoms. The summed E-state index contributed by atoms with van der Waals surface area (Å²) < 4.78 is 296. The van der Waals surface area contributed by atoms with E-state index in [0.29, 0.717) is 0 Å². The number of benzene rings is 6. The molecular formula is C58H50BF20N. The quantitative estimate of drug-likeness (QED) is 0.0150. The average Bonchev–Trinajstić information content (AvgIpc) is 3.62. The van der Waals surface area contributed by atoms with Crippen molar-refractivity contribution in [3.8, 4) is 0 Å². The maximum Gasteiger partial charge on any atom is 0.200 e. The molecule has 7 aromatic rings. The third-order valence-corrected chi connectivity index (χ3v) is 14.2. The zero-order valence-corrected chi connectivity index (χ0v) is 42.7. The molecule has 0 aliphatic carbocycles. The summed E-state index contributed by atoms with van der Waals surface area (Å²) in [5.74, 6) is -71.4. The van der Waals surface area contributed by atoms with Gasteiger partial charge >= 0.3 is 0 Å². The molecule has 22 heteroatoms. The topological polar surface area (TPSA) is 3.88 Å². The lowest BCUT2D eigenvalue weighted by Crippen LogP contribution is -2.81. The molecule has 0 radical (unpaired) electrons. The minimum absolute atomic E-state index is 0.935. The van der Waals surface area contributed by atoms with Crippen LogP contribution in [0, 0.1) is 116 Å². The number of aryl methyl sites for hydroxylation is 1. The van der Waals surface area contributed by atoms with Gasteiger partial charge in [-0.3, -0.25) is 0 Å². The van der Waals surface area contributed by atoms with E-state index in [-0.39, 0.29) is 0 Å². The SMILES string of the molecule is CCCCCCCCCCCCCCCCCCc1ccc(C[n+]2ccc3ccccc3c2)cc1.Fc1c(F)c(F)c([B-](c2c(F)c(F)c(F)c(F)c2F)(c2c(F)c(F)c(F)c(F)c2F)c2c(F)c(F)c(F)c(F)c2F)c(F)c1F. The van der Waals surface area contributed by atoms with Gasteiger partial charge in [0.2, 0.25) is 0 Å². The van der Waals surface area contributed by atoms with Crippen LogP contribution in [0.1, 0.15) is 121 Å². The first-order chi connectivity index (χ1) is 38.0. The second kappa shape index (κ2) is 27.7. The number of pyridine rings is 1. The van der Waals surface area contributed by atoms with Gasteiger partial charge in [-0.1, -0.05) is 146 Å². The highest BCUT2D eigenvalue weighted by Gasteiger charge is 2.52. The molecule has 0 bridgehead atoms. The molecule has 7 rings (SSSR count). The second-order valence-corrected chi connectivity index (χ2v) is 19.4. The van der Waals surface area contributed by atoms with E-state index in [4.69, 9.17) is 0 Å². The zero-order valence-electron chi connectivity index (χ0n) is 42.7. The van der Waals surface area contributed by atoms with Crippen LogP contribution in [0.5, 0.6) is 0 Å². The van der Waals surface area contributed by atoms with Crippen LogP contribution < -0.4 is 26.4 Å². The Balaban J connectivity index is 0.000000266. The molecule has 1 nitrogen and oxygen atoms in total. The molecular weight excluding hydrogens is 1100 g/mol. The number of rotatable bonds is 23. The van der Waals surface area contributed by atoms with Gasteiger partial charge in [0.25, 0.3) is 0 Å². The Morgan fingerprint density at radius 1 is 0.287 bits per heavy atom. The highest BCUT2D eigenvalue weighted by molar-refractivity contribution is 7.20. The van der Waals surface area contributed by atoms with Gasteiger partial charge in [-0.05, 0) is 29.9 Å². The summed E-state index contributed by atoms with van der Waals surface area (Å²) in [6.07, 6.45) is 21.4. The summed E-state index contributed by atoms with van der Waals surface area (Å²) in [7, 11) is 0. The van der Waals surface area contributed by atoms with E-state index in [2.05, 4.69) is 78.5 Å². The summed E-state index contributed by atoms with van der Waals surface area (Å²) in [5.41, 5.74) is -11.5. The smallest absolute Gasteiger partial charge is 0.200 e. The van der Waals surface area contributed by atoms with Crippen LogP contribution in [0.4, 0.5) is 87.8 Å².